The Morgan fingerprint density at radius 3 is 2.65 bits per heavy atom. The summed E-state index contributed by atoms with van der Waals surface area (Å²) in [6.45, 7) is -0.178. The minimum absolute atomic E-state index is 0.178. The van der Waals surface area contributed by atoms with Crippen molar-refractivity contribution in [1.82, 2.24) is 15.2 Å². The number of rotatable bonds is 4. The number of aliphatic hydroxyl groups is 1. The molecule has 2 aromatic rings. The van der Waals surface area contributed by atoms with E-state index in [1.807, 2.05) is 24.3 Å². The standard InChI is InChI=1S/C11H14N4O2/c1-17-8-4-2-7(3-5-8)10(12)11-13-9(6-16)14-15-11/h2-5,10,16H,6,12H2,1H3,(H,13,14,15). The lowest BCUT2D eigenvalue weighted by molar-refractivity contribution is 0.271. The van der Waals surface area contributed by atoms with Gasteiger partial charge in [-0.15, -0.1) is 0 Å². The van der Waals surface area contributed by atoms with E-state index < -0.39 is 6.04 Å². The van der Waals surface area contributed by atoms with E-state index in [0.717, 1.165) is 11.3 Å². The molecule has 90 valence electrons. The summed E-state index contributed by atoms with van der Waals surface area (Å²) in [5.41, 5.74) is 6.89. The van der Waals surface area contributed by atoms with Crippen LogP contribution < -0.4 is 10.5 Å². The van der Waals surface area contributed by atoms with Crippen molar-refractivity contribution in [2.45, 2.75) is 12.6 Å². The molecule has 1 atom stereocenters. The molecule has 0 amide bonds. The largest absolute Gasteiger partial charge is 0.497 e. The van der Waals surface area contributed by atoms with Gasteiger partial charge in [0.25, 0.3) is 0 Å². The fourth-order valence-corrected chi connectivity index (χ4v) is 1.48. The van der Waals surface area contributed by atoms with Gasteiger partial charge in [0.2, 0.25) is 0 Å². The lowest BCUT2D eigenvalue weighted by Crippen LogP contribution is -2.13. The minimum Gasteiger partial charge on any atom is -0.497 e. The fraction of sp³-hybridized carbons (Fsp3) is 0.273. The Morgan fingerprint density at radius 1 is 1.41 bits per heavy atom. The number of methoxy groups -OCH3 is 1. The number of nitrogens with one attached hydrogen (secondary N) is 1. The van der Waals surface area contributed by atoms with Gasteiger partial charge in [0.1, 0.15) is 18.2 Å². The Labute approximate surface area is 98.4 Å². The highest BCUT2D eigenvalue weighted by Gasteiger charge is 2.14. The van der Waals surface area contributed by atoms with Crippen molar-refractivity contribution < 1.29 is 9.84 Å². The molecule has 6 heteroatoms. The average Bonchev–Trinajstić information content (AvgIpc) is 2.87. The molecule has 1 unspecified atom stereocenters. The summed E-state index contributed by atoms with van der Waals surface area (Å²) >= 11 is 0. The minimum atomic E-state index is -0.419. The number of aliphatic hydroxyl groups excluding tert-OH is 1. The predicted molar refractivity (Wildman–Crippen MR) is 61.3 cm³/mol. The topological polar surface area (TPSA) is 97.0 Å². The number of H-pyrrole nitrogens is 1. The molecule has 0 aliphatic heterocycles. The zero-order valence-corrected chi connectivity index (χ0v) is 9.42. The first-order chi connectivity index (χ1) is 8.24. The van der Waals surface area contributed by atoms with Gasteiger partial charge in [-0.2, -0.15) is 5.10 Å². The van der Waals surface area contributed by atoms with Crippen LogP contribution in [0.5, 0.6) is 5.75 Å². The van der Waals surface area contributed by atoms with Gasteiger partial charge in [-0.05, 0) is 17.7 Å². The fourth-order valence-electron chi connectivity index (χ4n) is 1.48. The number of hydrogen-bond acceptors (Lipinski definition) is 5. The third kappa shape index (κ3) is 2.43. The molecule has 0 bridgehead atoms. The predicted octanol–water partition coefficient (Wildman–Crippen LogP) is 0.354. The molecule has 0 radical (unpaired) electrons. The van der Waals surface area contributed by atoms with Crippen molar-refractivity contribution in [3.8, 4) is 5.75 Å². The smallest absolute Gasteiger partial charge is 0.171 e. The van der Waals surface area contributed by atoms with Crippen LogP contribution in [-0.2, 0) is 6.61 Å². The molecule has 1 heterocycles. The molecule has 17 heavy (non-hydrogen) atoms. The Bertz CT molecular complexity index is 480. The van der Waals surface area contributed by atoms with E-state index in [0.29, 0.717) is 11.6 Å². The maximum Gasteiger partial charge on any atom is 0.171 e. The van der Waals surface area contributed by atoms with Crippen molar-refractivity contribution in [2.24, 2.45) is 5.73 Å². The number of aromatic amines is 1. The third-order valence-electron chi connectivity index (χ3n) is 2.45. The van der Waals surface area contributed by atoms with Crippen LogP contribution in [0.4, 0.5) is 0 Å². The summed E-state index contributed by atoms with van der Waals surface area (Å²) in [5.74, 6) is 1.63. The van der Waals surface area contributed by atoms with E-state index in [9.17, 15) is 0 Å². The van der Waals surface area contributed by atoms with Crippen LogP contribution in [-0.4, -0.2) is 27.4 Å². The summed E-state index contributed by atoms with van der Waals surface area (Å²) in [5, 5.41) is 15.4. The molecule has 1 aromatic carbocycles. The summed E-state index contributed by atoms with van der Waals surface area (Å²) in [7, 11) is 1.61. The van der Waals surface area contributed by atoms with E-state index in [2.05, 4.69) is 15.2 Å². The van der Waals surface area contributed by atoms with Gasteiger partial charge in [-0.25, -0.2) is 4.98 Å². The highest BCUT2D eigenvalue weighted by molar-refractivity contribution is 5.31. The van der Waals surface area contributed by atoms with Gasteiger partial charge in [0, 0.05) is 0 Å². The summed E-state index contributed by atoms with van der Waals surface area (Å²) in [6, 6.07) is 6.96. The second-order valence-corrected chi connectivity index (χ2v) is 3.55. The van der Waals surface area contributed by atoms with Crippen molar-refractivity contribution >= 4 is 0 Å². The van der Waals surface area contributed by atoms with Gasteiger partial charge in [-0.3, -0.25) is 5.10 Å². The van der Waals surface area contributed by atoms with E-state index in [1.54, 1.807) is 7.11 Å². The molecule has 0 fully saturated rings. The number of aromatic nitrogens is 3. The summed E-state index contributed by atoms with van der Waals surface area (Å²) in [4.78, 5) is 4.07. The molecule has 6 nitrogen and oxygen atoms in total. The highest BCUT2D eigenvalue weighted by atomic mass is 16.5. The Kier molecular flexibility index (Phi) is 3.36. The Balaban J connectivity index is 2.20. The molecule has 1 aromatic heterocycles. The Morgan fingerprint density at radius 2 is 2.12 bits per heavy atom. The molecule has 0 aliphatic carbocycles. The Hall–Kier alpha value is -1.92. The van der Waals surface area contributed by atoms with Crippen molar-refractivity contribution in [2.75, 3.05) is 7.11 Å². The number of nitrogens with zero attached hydrogens (tertiary/aromatic N) is 2. The zero-order valence-electron chi connectivity index (χ0n) is 9.42. The van der Waals surface area contributed by atoms with Crippen LogP contribution in [0.25, 0.3) is 0 Å². The lowest BCUT2D eigenvalue weighted by Gasteiger charge is -2.08. The van der Waals surface area contributed by atoms with E-state index in [-0.39, 0.29) is 6.61 Å². The molecular formula is C11H14N4O2. The van der Waals surface area contributed by atoms with Crippen molar-refractivity contribution in [1.29, 1.82) is 0 Å². The van der Waals surface area contributed by atoms with Crippen LogP contribution in [0, 0.1) is 0 Å². The summed E-state index contributed by atoms with van der Waals surface area (Å²) < 4.78 is 5.06. The molecule has 0 saturated heterocycles. The van der Waals surface area contributed by atoms with Gasteiger partial charge in [0.05, 0.1) is 13.2 Å². The van der Waals surface area contributed by atoms with Gasteiger partial charge in [0.15, 0.2) is 5.82 Å². The lowest BCUT2D eigenvalue weighted by atomic mass is 10.1. The quantitative estimate of drug-likeness (QED) is 0.709. The van der Waals surface area contributed by atoms with Crippen LogP contribution in [0.1, 0.15) is 23.3 Å². The average molecular weight is 234 g/mol. The second kappa shape index (κ2) is 4.94. The molecule has 4 N–H and O–H groups in total. The van der Waals surface area contributed by atoms with Crippen LogP contribution in [0.15, 0.2) is 24.3 Å². The summed E-state index contributed by atoms with van der Waals surface area (Å²) in [6.07, 6.45) is 0. The third-order valence-corrected chi connectivity index (χ3v) is 2.45. The van der Waals surface area contributed by atoms with Crippen molar-refractivity contribution in [3.63, 3.8) is 0 Å². The van der Waals surface area contributed by atoms with E-state index >= 15 is 0 Å². The van der Waals surface area contributed by atoms with E-state index in [4.69, 9.17) is 15.6 Å². The van der Waals surface area contributed by atoms with Gasteiger partial charge < -0.3 is 15.6 Å². The molecule has 0 saturated carbocycles. The first-order valence-electron chi connectivity index (χ1n) is 5.16. The number of nitrogens with two attached hydrogens (primary N) is 1. The van der Waals surface area contributed by atoms with E-state index in [1.165, 1.54) is 0 Å². The first kappa shape index (κ1) is 11.6. The normalized spacial score (nSPS) is 12.4. The van der Waals surface area contributed by atoms with Crippen LogP contribution in [0.2, 0.25) is 0 Å². The highest BCUT2D eigenvalue weighted by Crippen LogP contribution is 2.19. The molecule has 2 rings (SSSR count). The maximum absolute atomic E-state index is 8.88. The number of hydrogen-bond donors (Lipinski definition) is 3. The van der Waals surface area contributed by atoms with Gasteiger partial charge in [-0.1, -0.05) is 12.1 Å². The monoisotopic (exact) mass is 234 g/mol. The number of ether oxygens (including phenoxy) is 1. The number of benzene rings is 1. The van der Waals surface area contributed by atoms with Crippen molar-refractivity contribution in [3.05, 3.63) is 41.5 Å². The first-order valence-corrected chi connectivity index (χ1v) is 5.16. The molecule has 0 spiro atoms. The molecule has 0 aliphatic rings. The van der Waals surface area contributed by atoms with Gasteiger partial charge >= 0.3 is 0 Å². The second-order valence-electron chi connectivity index (χ2n) is 3.55. The maximum atomic E-state index is 8.88. The van der Waals surface area contributed by atoms with Crippen LogP contribution >= 0.6 is 0 Å². The molecular weight excluding hydrogens is 220 g/mol. The zero-order chi connectivity index (χ0) is 12.3. The SMILES string of the molecule is COc1ccc(C(N)c2n[nH]c(CO)n2)cc1. The van der Waals surface area contributed by atoms with Crippen LogP contribution in [0.3, 0.4) is 0 Å².